The standard InChI is InChI=1S/C9H9ClO3/c1-5-8(10)6(11)4-7-9(5)13-3-2-12-7/h4,11H,2-3H2,1H3. The van der Waals surface area contributed by atoms with Gasteiger partial charge in [-0.3, -0.25) is 0 Å². The maximum Gasteiger partial charge on any atom is 0.166 e. The van der Waals surface area contributed by atoms with E-state index < -0.39 is 0 Å². The molecular weight excluding hydrogens is 192 g/mol. The third kappa shape index (κ3) is 1.29. The molecule has 0 bridgehead atoms. The van der Waals surface area contributed by atoms with Gasteiger partial charge in [0, 0.05) is 11.6 Å². The Morgan fingerprint density at radius 2 is 2.08 bits per heavy atom. The van der Waals surface area contributed by atoms with Gasteiger partial charge in [-0.15, -0.1) is 0 Å². The molecule has 3 nitrogen and oxygen atoms in total. The third-order valence-electron chi connectivity index (χ3n) is 1.97. The van der Waals surface area contributed by atoms with Gasteiger partial charge in [0.05, 0.1) is 5.02 Å². The molecule has 1 N–H and O–H groups in total. The van der Waals surface area contributed by atoms with E-state index in [1.165, 1.54) is 6.07 Å². The molecule has 0 aliphatic carbocycles. The molecule has 0 fully saturated rings. The van der Waals surface area contributed by atoms with Crippen molar-refractivity contribution in [3.8, 4) is 17.2 Å². The van der Waals surface area contributed by atoms with Crippen molar-refractivity contribution < 1.29 is 14.6 Å². The lowest BCUT2D eigenvalue weighted by atomic mass is 10.2. The van der Waals surface area contributed by atoms with Gasteiger partial charge in [-0.05, 0) is 6.92 Å². The summed E-state index contributed by atoms with van der Waals surface area (Å²) in [6, 6.07) is 1.48. The Bertz CT molecular complexity index is 349. The smallest absolute Gasteiger partial charge is 0.166 e. The Hall–Kier alpha value is -1.09. The summed E-state index contributed by atoms with van der Waals surface area (Å²) in [6.07, 6.45) is 0. The topological polar surface area (TPSA) is 38.7 Å². The molecule has 2 rings (SSSR count). The van der Waals surface area contributed by atoms with E-state index in [2.05, 4.69) is 0 Å². The zero-order chi connectivity index (χ0) is 9.42. The van der Waals surface area contributed by atoms with Gasteiger partial charge in [-0.2, -0.15) is 0 Å². The molecule has 70 valence electrons. The second-order valence-corrected chi connectivity index (χ2v) is 3.24. The van der Waals surface area contributed by atoms with Crippen molar-refractivity contribution in [2.45, 2.75) is 6.92 Å². The van der Waals surface area contributed by atoms with E-state index in [1.54, 1.807) is 6.92 Å². The van der Waals surface area contributed by atoms with Gasteiger partial charge in [-0.25, -0.2) is 0 Å². The van der Waals surface area contributed by atoms with Crippen LogP contribution in [0.1, 0.15) is 5.56 Å². The zero-order valence-corrected chi connectivity index (χ0v) is 7.89. The van der Waals surface area contributed by atoms with Crippen LogP contribution in [0.15, 0.2) is 6.07 Å². The van der Waals surface area contributed by atoms with Crippen molar-refractivity contribution >= 4 is 11.6 Å². The monoisotopic (exact) mass is 200 g/mol. The lowest BCUT2D eigenvalue weighted by Crippen LogP contribution is -2.16. The van der Waals surface area contributed by atoms with Crippen LogP contribution in [-0.4, -0.2) is 18.3 Å². The summed E-state index contributed by atoms with van der Waals surface area (Å²) in [5.41, 5.74) is 0.719. The molecule has 0 saturated carbocycles. The van der Waals surface area contributed by atoms with Crippen molar-refractivity contribution in [3.05, 3.63) is 16.7 Å². The van der Waals surface area contributed by atoms with Crippen LogP contribution in [0.5, 0.6) is 17.2 Å². The predicted octanol–water partition coefficient (Wildman–Crippen LogP) is 2.13. The number of hydrogen-bond donors (Lipinski definition) is 1. The SMILES string of the molecule is Cc1c(Cl)c(O)cc2c1OCCO2. The Labute approximate surface area is 80.8 Å². The second-order valence-electron chi connectivity index (χ2n) is 2.86. The quantitative estimate of drug-likeness (QED) is 0.697. The first-order chi connectivity index (χ1) is 6.20. The number of phenolic OH excluding ortho intramolecular Hbond substituents is 1. The Balaban J connectivity index is 2.60. The number of benzene rings is 1. The lowest BCUT2D eigenvalue weighted by Gasteiger charge is -2.20. The average Bonchev–Trinajstić information content (AvgIpc) is 2.15. The van der Waals surface area contributed by atoms with Gasteiger partial charge in [0.2, 0.25) is 0 Å². The molecule has 0 radical (unpaired) electrons. The van der Waals surface area contributed by atoms with E-state index in [0.717, 1.165) is 5.56 Å². The third-order valence-corrected chi connectivity index (χ3v) is 2.45. The fraction of sp³-hybridized carbons (Fsp3) is 0.333. The van der Waals surface area contributed by atoms with E-state index in [1.807, 2.05) is 0 Å². The van der Waals surface area contributed by atoms with Gasteiger partial charge in [0.15, 0.2) is 11.5 Å². The summed E-state index contributed by atoms with van der Waals surface area (Å²) in [4.78, 5) is 0. The Morgan fingerprint density at radius 3 is 2.85 bits per heavy atom. The summed E-state index contributed by atoms with van der Waals surface area (Å²) in [5, 5.41) is 9.71. The maximum atomic E-state index is 9.39. The van der Waals surface area contributed by atoms with E-state index in [4.69, 9.17) is 21.1 Å². The molecule has 1 aromatic carbocycles. The highest BCUT2D eigenvalue weighted by molar-refractivity contribution is 6.33. The van der Waals surface area contributed by atoms with Crippen molar-refractivity contribution in [3.63, 3.8) is 0 Å². The summed E-state index contributed by atoms with van der Waals surface area (Å²) in [5.74, 6) is 1.23. The highest BCUT2D eigenvalue weighted by Crippen LogP contribution is 2.42. The molecule has 4 heteroatoms. The van der Waals surface area contributed by atoms with Crippen molar-refractivity contribution in [2.75, 3.05) is 13.2 Å². The number of aromatic hydroxyl groups is 1. The van der Waals surface area contributed by atoms with Gasteiger partial charge in [0.1, 0.15) is 19.0 Å². The minimum atomic E-state index is 0.0309. The molecule has 13 heavy (non-hydrogen) atoms. The van der Waals surface area contributed by atoms with E-state index in [9.17, 15) is 5.11 Å². The lowest BCUT2D eigenvalue weighted by molar-refractivity contribution is 0.170. The fourth-order valence-corrected chi connectivity index (χ4v) is 1.45. The molecule has 1 aliphatic heterocycles. The van der Waals surface area contributed by atoms with Crippen LogP contribution in [0, 0.1) is 6.92 Å². The molecule has 1 aliphatic rings. The number of phenols is 1. The first-order valence-corrected chi connectivity index (χ1v) is 4.35. The molecular formula is C9H9ClO3. The van der Waals surface area contributed by atoms with Crippen LogP contribution in [-0.2, 0) is 0 Å². The van der Waals surface area contributed by atoms with Crippen LogP contribution in [0.3, 0.4) is 0 Å². The molecule has 1 heterocycles. The largest absolute Gasteiger partial charge is 0.506 e. The number of ether oxygens (including phenoxy) is 2. The molecule has 1 aromatic rings. The average molecular weight is 201 g/mol. The van der Waals surface area contributed by atoms with Crippen LogP contribution >= 0.6 is 11.6 Å². The molecule has 0 atom stereocenters. The Morgan fingerprint density at radius 1 is 1.38 bits per heavy atom. The van der Waals surface area contributed by atoms with Crippen LogP contribution in [0.25, 0.3) is 0 Å². The van der Waals surface area contributed by atoms with E-state index >= 15 is 0 Å². The van der Waals surface area contributed by atoms with Gasteiger partial charge >= 0.3 is 0 Å². The highest BCUT2D eigenvalue weighted by atomic mass is 35.5. The normalized spacial score (nSPS) is 14.3. The number of hydrogen-bond acceptors (Lipinski definition) is 3. The van der Waals surface area contributed by atoms with Gasteiger partial charge in [-0.1, -0.05) is 11.6 Å². The molecule has 0 spiro atoms. The second kappa shape index (κ2) is 3.00. The zero-order valence-electron chi connectivity index (χ0n) is 7.13. The van der Waals surface area contributed by atoms with Crippen LogP contribution in [0.4, 0.5) is 0 Å². The minimum Gasteiger partial charge on any atom is -0.506 e. The van der Waals surface area contributed by atoms with Crippen molar-refractivity contribution in [1.82, 2.24) is 0 Å². The number of halogens is 1. The number of rotatable bonds is 0. The minimum absolute atomic E-state index is 0.0309. The van der Waals surface area contributed by atoms with Gasteiger partial charge in [0.25, 0.3) is 0 Å². The molecule has 0 amide bonds. The molecule has 0 aromatic heterocycles. The summed E-state index contributed by atoms with van der Waals surface area (Å²) in [7, 11) is 0. The summed E-state index contributed by atoms with van der Waals surface area (Å²) in [6.45, 7) is 2.82. The molecule has 0 saturated heterocycles. The maximum absolute atomic E-state index is 9.39. The predicted molar refractivity (Wildman–Crippen MR) is 48.8 cm³/mol. The van der Waals surface area contributed by atoms with Gasteiger partial charge < -0.3 is 14.6 Å². The summed E-state index contributed by atoms with van der Waals surface area (Å²) < 4.78 is 10.7. The van der Waals surface area contributed by atoms with Crippen molar-refractivity contribution in [1.29, 1.82) is 0 Å². The first kappa shape index (κ1) is 8.51. The number of fused-ring (bicyclic) bond motifs is 1. The van der Waals surface area contributed by atoms with Crippen molar-refractivity contribution in [2.24, 2.45) is 0 Å². The van der Waals surface area contributed by atoms with E-state index in [-0.39, 0.29) is 5.75 Å². The first-order valence-electron chi connectivity index (χ1n) is 3.98. The van der Waals surface area contributed by atoms with Crippen LogP contribution < -0.4 is 9.47 Å². The Kier molecular flexibility index (Phi) is 1.96. The van der Waals surface area contributed by atoms with E-state index in [0.29, 0.717) is 29.7 Å². The van der Waals surface area contributed by atoms with Crippen LogP contribution in [0.2, 0.25) is 5.02 Å². The fourth-order valence-electron chi connectivity index (χ4n) is 1.31. The summed E-state index contributed by atoms with van der Waals surface area (Å²) >= 11 is 5.83. The highest BCUT2D eigenvalue weighted by Gasteiger charge is 2.18. The molecule has 0 unspecified atom stereocenters.